The van der Waals surface area contributed by atoms with Crippen molar-refractivity contribution in [1.82, 2.24) is 10.2 Å². The highest BCUT2D eigenvalue weighted by Crippen LogP contribution is 2.31. The van der Waals surface area contributed by atoms with Crippen LogP contribution in [-0.4, -0.2) is 21.9 Å². The Morgan fingerprint density at radius 3 is 2.68 bits per heavy atom. The second-order valence-corrected chi connectivity index (χ2v) is 7.76. The lowest BCUT2D eigenvalue weighted by Crippen LogP contribution is -2.14. The molecule has 2 aromatic rings. The first kappa shape index (κ1) is 17.0. The number of carbonyl (C=O) groups is 1. The van der Waals surface area contributed by atoms with Crippen LogP contribution >= 0.6 is 23.1 Å². The summed E-state index contributed by atoms with van der Waals surface area (Å²) in [6.45, 7) is 6.39. The van der Waals surface area contributed by atoms with Gasteiger partial charge in [-0.05, 0) is 18.6 Å². The number of nitrogens with one attached hydrogen (secondary N) is 1. The van der Waals surface area contributed by atoms with Gasteiger partial charge in [0.25, 0.3) is 0 Å². The summed E-state index contributed by atoms with van der Waals surface area (Å²) in [5, 5.41) is 12.6. The number of thioether (sulfide) groups is 1. The Hall–Kier alpha value is -1.40. The van der Waals surface area contributed by atoms with Gasteiger partial charge in [0.15, 0.2) is 0 Å². The number of benzene rings is 1. The van der Waals surface area contributed by atoms with E-state index in [-0.39, 0.29) is 11.3 Å². The average Bonchev–Trinajstić information content (AvgIpc) is 2.97. The molecule has 0 saturated carbocycles. The van der Waals surface area contributed by atoms with Gasteiger partial charge in [0, 0.05) is 22.5 Å². The predicted molar refractivity (Wildman–Crippen MR) is 93.6 cm³/mol. The van der Waals surface area contributed by atoms with Gasteiger partial charge < -0.3 is 5.32 Å². The quantitative estimate of drug-likeness (QED) is 0.764. The summed E-state index contributed by atoms with van der Waals surface area (Å²) in [5.41, 5.74) is 0.00378. The van der Waals surface area contributed by atoms with E-state index < -0.39 is 0 Å². The summed E-state index contributed by atoms with van der Waals surface area (Å²) < 4.78 is 0. The Morgan fingerprint density at radius 1 is 1.27 bits per heavy atom. The van der Waals surface area contributed by atoms with Crippen molar-refractivity contribution in [2.75, 3.05) is 11.1 Å². The van der Waals surface area contributed by atoms with Crippen molar-refractivity contribution in [2.24, 2.45) is 0 Å². The van der Waals surface area contributed by atoms with E-state index in [0.29, 0.717) is 11.6 Å². The number of hydrogen-bond donors (Lipinski definition) is 1. The fourth-order valence-corrected chi connectivity index (χ4v) is 3.46. The molecule has 0 saturated heterocycles. The zero-order valence-electron chi connectivity index (χ0n) is 13.1. The third-order valence-corrected chi connectivity index (χ3v) is 5.69. The highest BCUT2D eigenvalue weighted by Gasteiger charge is 2.23. The maximum absolute atomic E-state index is 11.9. The summed E-state index contributed by atoms with van der Waals surface area (Å²) >= 11 is 3.14. The third kappa shape index (κ3) is 4.81. The van der Waals surface area contributed by atoms with Gasteiger partial charge in [-0.15, -0.1) is 22.0 Å². The molecule has 0 bridgehead atoms. The molecule has 0 radical (unpaired) electrons. The molecule has 0 aliphatic heterocycles. The molecule has 6 heteroatoms. The molecule has 2 rings (SSSR count). The largest absolute Gasteiger partial charge is 0.301 e. The predicted octanol–water partition coefficient (Wildman–Crippen LogP) is 4.35. The lowest BCUT2D eigenvalue weighted by molar-refractivity contribution is -0.115. The standard InChI is InChI=1S/C16H21N3OS2/c1-4-16(2,3)14-18-19-15(22-14)17-13(20)10-11-21-12-8-6-5-7-9-12/h5-9H,4,10-11H2,1-3H3,(H,17,19,20). The molecule has 1 aromatic heterocycles. The van der Waals surface area contributed by atoms with Crippen LogP contribution in [0.25, 0.3) is 0 Å². The first-order chi connectivity index (χ1) is 10.5. The summed E-state index contributed by atoms with van der Waals surface area (Å²) in [6.07, 6.45) is 1.45. The zero-order valence-corrected chi connectivity index (χ0v) is 14.8. The van der Waals surface area contributed by atoms with Crippen LogP contribution in [0.15, 0.2) is 35.2 Å². The highest BCUT2D eigenvalue weighted by molar-refractivity contribution is 7.99. The van der Waals surface area contributed by atoms with Crippen molar-refractivity contribution < 1.29 is 4.79 Å². The van der Waals surface area contributed by atoms with Crippen molar-refractivity contribution >= 4 is 34.1 Å². The lowest BCUT2D eigenvalue weighted by atomic mass is 9.91. The molecule has 1 aromatic carbocycles. The van der Waals surface area contributed by atoms with Gasteiger partial charge in [0.05, 0.1) is 0 Å². The van der Waals surface area contributed by atoms with Crippen molar-refractivity contribution in [3.05, 3.63) is 35.3 Å². The van der Waals surface area contributed by atoms with Crippen LogP contribution in [0.2, 0.25) is 0 Å². The molecule has 0 aliphatic carbocycles. The van der Waals surface area contributed by atoms with Gasteiger partial charge in [-0.2, -0.15) is 0 Å². The Kier molecular flexibility index (Phi) is 5.97. The third-order valence-electron chi connectivity index (χ3n) is 3.48. The van der Waals surface area contributed by atoms with E-state index in [1.165, 1.54) is 16.2 Å². The zero-order chi connectivity index (χ0) is 16.0. The molecule has 4 nitrogen and oxygen atoms in total. The lowest BCUT2D eigenvalue weighted by Gasteiger charge is -2.17. The first-order valence-electron chi connectivity index (χ1n) is 7.33. The van der Waals surface area contributed by atoms with Crippen LogP contribution in [0.1, 0.15) is 38.6 Å². The molecule has 118 valence electrons. The van der Waals surface area contributed by atoms with Crippen molar-refractivity contribution in [2.45, 2.75) is 43.9 Å². The fourth-order valence-electron chi connectivity index (χ4n) is 1.66. The monoisotopic (exact) mass is 335 g/mol. The van der Waals surface area contributed by atoms with E-state index in [2.05, 4.69) is 36.3 Å². The minimum atomic E-state index is -0.0135. The number of hydrogen-bond acceptors (Lipinski definition) is 5. The molecular formula is C16H21N3OS2. The molecule has 0 fully saturated rings. The molecule has 1 amide bonds. The fraction of sp³-hybridized carbons (Fsp3) is 0.438. The number of amides is 1. The van der Waals surface area contributed by atoms with E-state index in [0.717, 1.165) is 17.2 Å². The van der Waals surface area contributed by atoms with E-state index in [1.807, 2.05) is 30.3 Å². The van der Waals surface area contributed by atoms with Gasteiger partial charge in [-0.25, -0.2) is 0 Å². The summed E-state index contributed by atoms with van der Waals surface area (Å²) in [4.78, 5) is 13.1. The molecule has 0 spiro atoms. The van der Waals surface area contributed by atoms with Crippen molar-refractivity contribution in [1.29, 1.82) is 0 Å². The topological polar surface area (TPSA) is 54.9 Å². The van der Waals surface area contributed by atoms with Gasteiger partial charge in [-0.3, -0.25) is 4.79 Å². The summed E-state index contributed by atoms with van der Waals surface area (Å²) in [6, 6.07) is 10.1. The van der Waals surface area contributed by atoms with Crippen LogP contribution in [0.4, 0.5) is 5.13 Å². The number of nitrogens with zero attached hydrogens (tertiary/aromatic N) is 2. The Morgan fingerprint density at radius 2 is 2.00 bits per heavy atom. The van der Waals surface area contributed by atoms with E-state index in [9.17, 15) is 4.79 Å². The number of carbonyl (C=O) groups excluding carboxylic acids is 1. The second-order valence-electron chi connectivity index (χ2n) is 5.61. The SMILES string of the molecule is CCC(C)(C)c1nnc(NC(=O)CCSc2ccccc2)s1. The number of aromatic nitrogens is 2. The maximum atomic E-state index is 11.9. The molecule has 0 aliphatic rings. The van der Waals surface area contributed by atoms with E-state index in [1.54, 1.807) is 11.8 Å². The van der Waals surface area contributed by atoms with Gasteiger partial charge in [0.1, 0.15) is 5.01 Å². The van der Waals surface area contributed by atoms with Gasteiger partial charge in [-0.1, -0.05) is 50.3 Å². The maximum Gasteiger partial charge on any atom is 0.227 e. The molecule has 0 atom stereocenters. The minimum absolute atomic E-state index is 0.00378. The molecular weight excluding hydrogens is 314 g/mol. The van der Waals surface area contributed by atoms with Crippen LogP contribution < -0.4 is 5.32 Å². The average molecular weight is 335 g/mol. The van der Waals surface area contributed by atoms with Crippen LogP contribution in [0.5, 0.6) is 0 Å². The van der Waals surface area contributed by atoms with Crippen LogP contribution in [0.3, 0.4) is 0 Å². The van der Waals surface area contributed by atoms with Gasteiger partial charge >= 0.3 is 0 Å². The Balaban J connectivity index is 1.80. The van der Waals surface area contributed by atoms with E-state index in [4.69, 9.17) is 0 Å². The molecule has 1 heterocycles. The van der Waals surface area contributed by atoms with Crippen molar-refractivity contribution in [3.8, 4) is 0 Å². The smallest absolute Gasteiger partial charge is 0.227 e. The summed E-state index contributed by atoms with van der Waals surface area (Å²) in [7, 11) is 0. The number of rotatable bonds is 7. The van der Waals surface area contributed by atoms with E-state index >= 15 is 0 Å². The molecule has 22 heavy (non-hydrogen) atoms. The number of anilines is 1. The highest BCUT2D eigenvalue weighted by atomic mass is 32.2. The Labute approximate surface area is 139 Å². The summed E-state index contributed by atoms with van der Waals surface area (Å²) in [5.74, 6) is 0.738. The second kappa shape index (κ2) is 7.74. The Bertz CT molecular complexity index is 611. The van der Waals surface area contributed by atoms with Crippen molar-refractivity contribution in [3.63, 3.8) is 0 Å². The van der Waals surface area contributed by atoms with Crippen LogP contribution in [0, 0.1) is 0 Å². The molecule has 1 N–H and O–H groups in total. The molecule has 0 unspecified atom stereocenters. The van der Waals surface area contributed by atoms with Gasteiger partial charge in [0.2, 0.25) is 11.0 Å². The van der Waals surface area contributed by atoms with Crippen LogP contribution in [-0.2, 0) is 10.2 Å². The first-order valence-corrected chi connectivity index (χ1v) is 9.13. The minimum Gasteiger partial charge on any atom is -0.301 e. The normalized spacial score (nSPS) is 11.4.